The van der Waals surface area contributed by atoms with E-state index in [9.17, 15) is 24.3 Å². The molecule has 49 heavy (non-hydrogen) atoms. The number of nitrogens with one attached hydrogen (secondary N) is 1. The van der Waals surface area contributed by atoms with Gasteiger partial charge in [-0.1, -0.05) is 24.0 Å². The summed E-state index contributed by atoms with van der Waals surface area (Å²) in [5, 5.41) is 20.6. The van der Waals surface area contributed by atoms with E-state index in [0.717, 1.165) is 68.6 Å². The van der Waals surface area contributed by atoms with Crippen LogP contribution >= 0.6 is 0 Å². The number of likely N-dealkylation sites (tertiary alicyclic amines) is 1. The summed E-state index contributed by atoms with van der Waals surface area (Å²) < 4.78 is 6.54. The molecule has 8 rings (SSSR count). The fraction of sp³-hybridized carbons (Fsp3) is 0.405. The number of carbonyl (C=O) groups excluding carboxylic acids is 4. The Kier molecular flexibility index (Phi) is 7.60. The molecule has 12 nitrogen and oxygen atoms in total. The molecule has 1 atom stereocenters. The van der Waals surface area contributed by atoms with Crippen LogP contribution < -0.4 is 15.8 Å². The number of anilines is 1. The maximum Gasteiger partial charge on any atom is 0.262 e. The Bertz CT molecular complexity index is 1970. The topological polar surface area (TPSA) is 168 Å². The molecule has 3 fully saturated rings. The highest BCUT2D eigenvalue weighted by molar-refractivity contribution is 6.23. The van der Waals surface area contributed by atoms with Gasteiger partial charge >= 0.3 is 0 Å². The predicted molar refractivity (Wildman–Crippen MR) is 177 cm³/mol. The van der Waals surface area contributed by atoms with Crippen LogP contribution in [0.2, 0.25) is 0 Å². The predicted octanol–water partition coefficient (Wildman–Crippen LogP) is 3.07. The molecule has 1 saturated carbocycles. The van der Waals surface area contributed by atoms with Gasteiger partial charge < -0.3 is 15.6 Å². The first-order valence-electron chi connectivity index (χ1n) is 16.9. The number of nitrogens with two attached hydrogens (primary N) is 1. The highest BCUT2D eigenvalue weighted by Crippen LogP contribution is 2.43. The minimum Gasteiger partial charge on any atom is -0.507 e. The third-order valence-electron chi connectivity index (χ3n) is 10.6. The van der Waals surface area contributed by atoms with E-state index in [4.69, 9.17) is 10.5 Å². The van der Waals surface area contributed by atoms with Crippen LogP contribution in [-0.2, 0) is 16.0 Å². The lowest BCUT2D eigenvalue weighted by Crippen LogP contribution is -2.66. The Hall–Kier alpha value is -5.28. The number of imide groups is 2. The van der Waals surface area contributed by atoms with Crippen molar-refractivity contribution in [2.45, 2.75) is 63.0 Å². The summed E-state index contributed by atoms with van der Waals surface area (Å²) in [6, 6.07) is 11.2. The molecule has 250 valence electrons. The average Bonchev–Trinajstić information content (AvgIpc) is 3.31. The molecule has 1 spiro atoms. The summed E-state index contributed by atoms with van der Waals surface area (Å²) in [6.45, 7) is 2.62. The molecule has 2 aromatic carbocycles. The lowest BCUT2D eigenvalue weighted by atomic mass is 9.79. The van der Waals surface area contributed by atoms with Crippen molar-refractivity contribution in [3.8, 4) is 34.6 Å². The van der Waals surface area contributed by atoms with Crippen molar-refractivity contribution >= 4 is 29.4 Å². The fourth-order valence-electron chi connectivity index (χ4n) is 7.96. The molecule has 4 amide bonds. The maximum absolute atomic E-state index is 13.3. The molecule has 5 heterocycles. The summed E-state index contributed by atoms with van der Waals surface area (Å²) in [5.41, 5.74) is 8.93. The molecule has 5 aliphatic rings. The summed E-state index contributed by atoms with van der Waals surface area (Å²) in [6.07, 6.45) is 5.99. The second-order valence-corrected chi connectivity index (χ2v) is 13.9. The van der Waals surface area contributed by atoms with E-state index in [1.165, 1.54) is 0 Å². The van der Waals surface area contributed by atoms with Gasteiger partial charge in [-0.2, -0.15) is 0 Å². The molecule has 1 aliphatic carbocycles. The van der Waals surface area contributed by atoms with Crippen LogP contribution in [0, 0.1) is 23.7 Å². The largest absolute Gasteiger partial charge is 0.507 e. The summed E-state index contributed by atoms with van der Waals surface area (Å²) in [5.74, 6) is 6.49. The SMILES string of the molecule is Nc1nnc(-c2ccccc2O)cc1C#CC1CCC(CN2CC3(CCc4cc5c(cc4O3)C(=O)N(C3CCC(=O)NC3=O)C5=O)C2)CC1. The number of phenolic OH excluding ortho intramolecular Hbond substituents is 1. The van der Waals surface area contributed by atoms with Gasteiger partial charge in [0.1, 0.15) is 23.1 Å². The molecule has 12 heteroatoms. The zero-order valence-electron chi connectivity index (χ0n) is 26.9. The molecular weight excluding hydrogens is 624 g/mol. The van der Waals surface area contributed by atoms with Crippen molar-refractivity contribution in [2.24, 2.45) is 11.8 Å². The minimum absolute atomic E-state index is 0.0847. The number of aromatic nitrogens is 2. The average molecular weight is 661 g/mol. The number of benzene rings is 2. The van der Waals surface area contributed by atoms with Gasteiger partial charge in [0.15, 0.2) is 5.82 Å². The van der Waals surface area contributed by atoms with Gasteiger partial charge in [0.2, 0.25) is 11.8 Å². The number of rotatable bonds is 4. The molecular formula is C37H36N6O6. The third kappa shape index (κ3) is 5.68. The van der Waals surface area contributed by atoms with Crippen molar-refractivity contribution in [1.82, 2.24) is 25.3 Å². The van der Waals surface area contributed by atoms with Gasteiger partial charge in [-0.05, 0) is 86.8 Å². The van der Waals surface area contributed by atoms with E-state index in [1.54, 1.807) is 36.4 Å². The van der Waals surface area contributed by atoms with E-state index in [2.05, 4.69) is 32.3 Å². The summed E-state index contributed by atoms with van der Waals surface area (Å²) >= 11 is 0. The van der Waals surface area contributed by atoms with Crippen molar-refractivity contribution < 1.29 is 29.0 Å². The summed E-state index contributed by atoms with van der Waals surface area (Å²) in [7, 11) is 0. The second kappa shape index (κ2) is 12.0. The Morgan fingerprint density at radius 1 is 0.939 bits per heavy atom. The molecule has 3 aromatic rings. The number of amides is 4. The van der Waals surface area contributed by atoms with Crippen LogP contribution in [0.5, 0.6) is 11.5 Å². The Morgan fingerprint density at radius 3 is 2.45 bits per heavy atom. The van der Waals surface area contributed by atoms with Gasteiger partial charge in [-0.25, -0.2) is 0 Å². The van der Waals surface area contributed by atoms with Crippen LogP contribution in [-0.4, -0.2) is 80.0 Å². The molecule has 2 saturated heterocycles. The molecule has 1 unspecified atom stereocenters. The Morgan fingerprint density at radius 2 is 1.69 bits per heavy atom. The van der Waals surface area contributed by atoms with E-state index < -0.39 is 29.7 Å². The lowest BCUT2D eigenvalue weighted by molar-refractivity contribution is -0.136. The van der Waals surface area contributed by atoms with Crippen LogP contribution in [0.3, 0.4) is 0 Å². The number of para-hydroxylation sites is 1. The number of aromatic hydroxyl groups is 1. The van der Waals surface area contributed by atoms with Crippen LogP contribution in [0.15, 0.2) is 42.5 Å². The van der Waals surface area contributed by atoms with Crippen molar-refractivity contribution in [3.05, 3.63) is 64.7 Å². The monoisotopic (exact) mass is 660 g/mol. The number of hydrogen-bond donors (Lipinski definition) is 3. The smallest absolute Gasteiger partial charge is 0.262 e. The molecule has 0 radical (unpaired) electrons. The van der Waals surface area contributed by atoms with Gasteiger partial charge in [0, 0.05) is 37.5 Å². The highest BCUT2D eigenvalue weighted by atomic mass is 16.5. The number of phenols is 1. The standard InChI is InChI=1S/C37H36N6O6/c38-33-24(16-28(40-41-33)25-3-1-2-4-30(25)44)10-9-21-5-7-22(8-6-21)18-42-19-37(20-42)14-13-23-15-26-27(17-31(23)49-37)36(48)43(35(26)47)29-11-12-32(45)39-34(29)46/h1-4,15-17,21-22,29,44H,5-8,11-14,18-20H2,(H2,38,41)(H,39,45,46). The molecule has 0 bridgehead atoms. The van der Waals surface area contributed by atoms with E-state index in [1.807, 2.05) is 6.07 Å². The van der Waals surface area contributed by atoms with Crippen molar-refractivity contribution in [1.29, 1.82) is 0 Å². The van der Waals surface area contributed by atoms with Gasteiger partial charge in [-0.15, -0.1) is 10.2 Å². The van der Waals surface area contributed by atoms with Crippen LogP contribution in [0.1, 0.15) is 76.8 Å². The van der Waals surface area contributed by atoms with Gasteiger partial charge in [0.25, 0.3) is 11.8 Å². The number of ether oxygens (including phenoxy) is 1. The molecule has 1 aromatic heterocycles. The Balaban J connectivity index is 0.853. The number of fused-ring (bicyclic) bond motifs is 2. The van der Waals surface area contributed by atoms with Crippen LogP contribution in [0.25, 0.3) is 11.3 Å². The highest BCUT2D eigenvalue weighted by Gasteiger charge is 2.50. The zero-order chi connectivity index (χ0) is 33.9. The second-order valence-electron chi connectivity index (χ2n) is 13.9. The number of nitrogen functional groups attached to an aromatic ring is 1. The normalized spacial score (nSPS) is 24.3. The van der Waals surface area contributed by atoms with E-state index in [-0.39, 0.29) is 41.5 Å². The number of piperidine rings is 1. The van der Waals surface area contributed by atoms with Gasteiger partial charge in [-0.3, -0.25) is 34.3 Å². The first kappa shape index (κ1) is 31.0. The number of nitrogens with zero attached hydrogens (tertiary/aromatic N) is 4. The first-order chi connectivity index (χ1) is 23.7. The molecule has 4 aliphatic heterocycles. The minimum atomic E-state index is -0.987. The lowest BCUT2D eigenvalue weighted by Gasteiger charge is -2.53. The van der Waals surface area contributed by atoms with Crippen LogP contribution in [0.4, 0.5) is 5.82 Å². The number of hydrogen-bond acceptors (Lipinski definition) is 10. The third-order valence-corrected chi connectivity index (χ3v) is 10.6. The van der Waals surface area contributed by atoms with E-state index >= 15 is 0 Å². The quantitative estimate of drug-likeness (QED) is 0.280. The first-order valence-corrected chi connectivity index (χ1v) is 16.9. The van der Waals surface area contributed by atoms with E-state index in [0.29, 0.717) is 34.1 Å². The number of carbonyl (C=O) groups is 4. The number of aryl methyl sites for hydroxylation is 1. The summed E-state index contributed by atoms with van der Waals surface area (Å²) in [4.78, 5) is 54.0. The van der Waals surface area contributed by atoms with Crippen molar-refractivity contribution in [2.75, 3.05) is 25.4 Å². The van der Waals surface area contributed by atoms with Gasteiger partial charge in [0.05, 0.1) is 22.4 Å². The fourth-order valence-corrected chi connectivity index (χ4v) is 7.96. The maximum atomic E-state index is 13.3. The zero-order valence-corrected chi connectivity index (χ0v) is 26.9. The Labute approximate surface area is 283 Å². The molecule has 4 N–H and O–H groups in total. The van der Waals surface area contributed by atoms with Crippen molar-refractivity contribution in [3.63, 3.8) is 0 Å².